The number of aromatic amines is 1. The van der Waals surface area contributed by atoms with Gasteiger partial charge >= 0.3 is 0 Å². The van der Waals surface area contributed by atoms with Gasteiger partial charge in [0.25, 0.3) is 5.91 Å². The normalized spacial score (nSPS) is 15.5. The molecule has 0 saturated carbocycles. The third kappa shape index (κ3) is 5.70. The number of nitrogens with one attached hydrogen (secondary N) is 2. The largest absolute Gasteiger partial charge is 0.350 e. The molecular weight excluding hydrogens is 492 g/mol. The Morgan fingerprint density at radius 2 is 1.95 bits per heavy atom. The second-order valence-electron chi connectivity index (χ2n) is 9.77. The standard InChI is InChI=1S/C26H32N6O4S/c1-18-9-13-32(14-10-18)26(34)22(11-15-31-12-5-6-19(31)17-27)29-37(35,36)24-8-4-7-21-20(24)16-23(28-21)25(33)30(2)3/h4-8,12,16,18,22,28-29H,9-11,13-15H2,1-3H3. The quantitative estimate of drug-likeness (QED) is 0.468. The number of aryl methyl sites for hydroxylation is 1. The highest BCUT2D eigenvalue weighted by Gasteiger charge is 2.32. The average molecular weight is 525 g/mol. The number of nitrogens with zero attached hydrogens (tertiary/aromatic N) is 4. The maximum Gasteiger partial charge on any atom is 0.269 e. The molecule has 3 heterocycles. The number of piperidine rings is 1. The van der Waals surface area contributed by atoms with Crippen LogP contribution in [0.3, 0.4) is 0 Å². The van der Waals surface area contributed by atoms with Gasteiger partial charge in [-0.05, 0) is 55.5 Å². The minimum atomic E-state index is -4.14. The zero-order valence-corrected chi connectivity index (χ0v) is 22.1. The van der Waals surface area contributed by atoms with Crippen molar-refractivity contribution in [2.75, 3.05) is 27.2 Å². The molecule has 1 aliphatic heterocycles. The van der Waals surface area contributed by atoms with Crippen molar-refractivity contribution in [2.45, 2.75) is 43.7 Å². The van der Waals surface area contributed by atoms with Crippen LogP contribution in [0.15, 0.2) is 47.5 Å². The van der Waals surface area contributed by atoms with Gasteiger partial charge in [0.1, 0.15) is 23.5 Å². The third-order valence-corrected chi connectivity index (χ3v) is 8.37. The fourth-order valence-corrected chi connectivity index (χ4v) is 6.07. The minimum absolute atomic E-state index is 0.0113. The number of amides is 2. The van der Waals surface area contributed by atoms with Crippen molar-refractivity contribution in [1.82, 2.24) is 24.1 Å². The second-order valence-corrected chi connectivity index (χ2v) is 11.5. The molecule has 0 aliphatic carbocycles. The van der Waals surface area contributed by atoms with E-state index in [-0.39, 0.29) is 28.8 Å². The molecule has 2 aromatic heterocycles. The van der Waals surface area contributed by atoms with E-state index >= 15 is 0 Å². The van der Waals surface area contributed by atoms with Crippen LogP contribution in [-0.4, -0.2) is 72.8 Å². The van der Waals surface area contributed by atoms with Crippen molar-refractivity contribution in [3.8, 4) is 6.07 Å². The van der Waals surface area contributed by atoms with Crippen molar-refractivity contribution in [3.05, 3.63) is 54.0 Å². The molecule has 2 N–H and O–H groups in total. The van der Waals surface area contributed by atoms with Gasteiger partial charge in [0, 0.05) is 50.8 Å². The van der Waals surface area contributed by atoms with Crippen LogP contribution in [0.25, 0.3) is 10.9 Å². The van der Waals surface area contributed by atoms with Crippen LogP contribution >= 0.6 is 0 Å². The number of nitriles is 1. The number of aromatic nitrogens is 2. The molecule has 1 fully saturated rings. The van der Waals surface area contributed by atoms with Gasteiger partial charge in [0.2, 0.25) is 15.9 Å². The maximum atomic E-state index is 13.6. The van der Waals surface area contributed by atoms with Crippen LogP contribution in [0.1, 0.15) is 42.4 Å². The second kappa shape index (κ2) is 10.8. The summed E-state index contributed by atoms with van der Waals surface area (Å²) in [5.41, 5.74) is 1.22. The molecule has 1 aliphatic rings. The first-order valence-electron chi connectivity index (χ1n) is 12.3. The molecule has 0 spiro atoms. The highest BCUT2D eigenvalue weighted by atomic mass is 32.2. The van der Waals surface area contributed by atoms with Gasteiger partial charge in [-0.25, -0.2) is 8.42 Å². The lowest BCUT2D eigenvalue weighted by Crippen LogP contribution is -2.50. The van der Waals surface area contributed by atoms with E-state index in [1.165, 1.54) is 17.0 Å². The molecule has 10 nitrogen and oxygen atoms in total. The van der Waals surface area contributed by atoms with Gasteiger partial charge in [-0.1, -0.05) is 13.0 Å². The predicted molar refractivity (Wildman–Crippen MR) is 139 cm³/mol. The lowest BCUT2D eigenvalue weighted by atomic mass is 9.98. The van der Waals surface area contributed by atoms with Gasteiger partial charge in [0.05, 0.1) is 4.90 Å². The molecule has 0 radical (unpaired) electrons. The monoisotopic (exact) mass is 524 g/mol. The van der Waals surface area contributed by atoms with Crippen LogP contribution in [0.2, 0.25) is 0 Å². The van der Waals surface area contributed by atoms with Gasteiger partial charge < -0.3 is 19.4 Å². The minimum Gasteiger partial charge on any atom is -0.350 e. The molecule has 4 rings (SSSR count). The van der Waals surface area contributed by atoms with Crippen LogP contribution in [-0.2, 0) is 21.4 Å². The Bertz CT molecular complexity index is 1440. The Balaban J connectivity index is 1.64. The number of carbonyl (C=O) groups excluding carboxylic acids is 2. The van der Waals surface area contributed by atoms with Gasteiger partial charge in [-0.2, -0.15) is 9.98 Å². The molecule has 196 valence electrons. The van der Waals surface area contributed by atoms with Crippen LogP contribution < -0.4 is 4.72 Å². The SMILES string of the molecule is CC1CCN(C(=O)C(CCn2cccc2C#N)NS(=O)(=O)c2cccc3[nH]c(C(=O)N(C)C)cc23)CC1. The van der Waals surface area contributed by atoms with Gasteiger partial charge in [-0.15, -0.1) is 0 Å². The zero-order chi connectivity index (χ0) is 26.7. The summed E-state index contributed by atoms with van der Waals surface area (Å²) in [4.78, 5) is 32.1. The number of fused-ring (bicyclic) bond motifs is 1. The van der Waals surface area contributed by atoms with Gasteiger partial charge in [0.15, 0.2) is 0 Å². The smallest absolute Gasteiger partial charge is 0.269 e. The van der Waals surface area contributed by atoms with Crippen LogP contribution in [0.5, 0.6) is 0 Å². The first-order valence-corrected chi connectivity index (χ1v) is 13.8. The van der Waals surface area contributed by atoms with E-state index in [0.29, 0.717) is 42.1 Å². The molecule has 37 heavy (non-hydrogen) atoms. The van der Waals surface area contributed by atoms with E-state index in [1.54, 1.807) is 54.0 Å². The fourth-order valence-electron chi connectivity index (χ4n) is 4.63. The summed E-state index contributed by atoms with van der Waals surface area (Å²) in [5.74, 6) is -0.0340. The first-order chi connectivity index (χ1) is 17.6. The molecule has 1 atom stereocenters. The summed E-state index contributed by atoms with van der Waals surface area (Å²) in [7, 11) is -0.900. The number of hydrogen-bond acceptors (Lipinski definition) is 5. The number of hydrogen-bond donors (Lipinski definition) is 2. The van der Waals surface area contributed by atoms with E-state index in [1.807, 2.05) is 0 Å². The Hall–Kier alpha value is -3.62. The van der Waals surface area contributed by atoms with Gasteiger partial charge in [-0.3, -0.25) is 9.59 Å². The molecule has 1 saturated heterocycles. The number of H-pyrrole nitrogens is 1. The number of rotatable bonds is 8. The third-order valence-electron chi connectivity index (χ3n) is 6.84. The molecule has 1 unspecified atom stereocenters. The molecule has 1 aromatic carbocycles. The first kappa shape index (κ1) is 26.4. The van der Waals surface area contributed by atoms with E-state index < -0.39 is 16.1 Å². The average Bonchev–Trinajstić information content (AvgIpc) is 3.52. The summed E-state index contributed by atoms with van der Waals surface area (Å²) in [6.07, 6.45) is 3.65. The molecule has 0 bridgehead atoms. The Kier molecular flexibility index (Phi) is 7.71. The van der Waals surface area contributed by atoms with Crippen molar-refractivity contribution in [2.24, 2.45) is 5.92 Å². The molecule has 3 aromatic rings. The highest BCUT2D eigenvalue weighted by Crippen LogP contribution is 2.25. The van der Waals surface area contributed by atoms with Crippen molar-refractivity contribution in [3.63, 3.8) is 0 Å². The van der Waals surface area contributed by atoms with Crippen LogP contribution in [0.4, 0.5) is 0 Å². The van der Waals surface area contributed by atoms with Crippen molar-refractivity contribution >= 4 is 32.7 Å². The lowest BCUT2D eigenvalue weighted by molar-refractivity contribution is -0.134. The van der Waals surface area contributed by atoms with E-state index in [9.17, 15) is 23.3 Å². The number of carbonyl (C=O) groups is 2. The number of likely N-dealkylation sites (tertiary alicyclic amines) is 1. The molecule has 11 heteroatoms. The predicted octanol–water partition coefficient (Wildman–Crippen LogP) is 2.54. The molecule has 2 amide bonds. The van der Waals surface area contributed by atoms with Crippen molar-refractivity contribution in [1.29, 1.82) is 5.26 Å². The summed E-state index contributed by atoms with van der Waals surface area (Å²) in [6.45, 7) is 3.60. The van der Waals surface area contributed by atoms with Crippen molar-refractivity contribution < 1.29 is 18.0 Å². The maximum absolute atomic E-state index is 13.6. The number of sulfonamides is 1. The topological polar surface area (TPSA) is 131 Å². The summed E-state index contributed by atoms with van der Waals surface area (Å²) in [6, 6.07) is 10.8. The Labute approximate surface area is 216 Å². The van der Waals surface area contributed by atoms with E-state index in [2.05, 4.69) is 22.7 Å². The fraction of sp³-hybridized carbons (Fsp3) is 0.423. The summed E-state index contributed by atoms with van der Waals surface area (Å²) < 4.78 is 31.6. The van der Waals surface area contributed by atoms with E-state index in [4.69, 9.17) is 0 Å². The Morgan fingerprint density at radius 3 is 2.62 bits per heavy atom. The van der Waals surface area contributed by atoms with Crippen LogP contribution in [0, 0.1) is 17.2 Å². The van der Waals surface area contributed by atoms with E-state index in [0.717, 1.165) is 12.8 Å². The lowest BCUT2D eigenvalue weighted by Gasteiger charge is -2.33. The highest BCUT2D eigenvalue weighted by molar-refractivity contribution is 7.89. The summed E-state index contributed by atoms with van der Waals surface area (Å²) in [5, 5.41) is 9.70. The number of benzene rings is 1. The Morgan fingerprint density at radius 1 is 1.22 bits per heavy atom. The molecular formula is C26H32N6O4S. The zero-order valence-electron chi connectivity index (χ0n) is 21.3. The summed E-state index contributed by atoms with van der Waals surface area (Å²) >= 11 is 0.